The summed E-state index contributed by atoms with van der Waals surface area (Å²) < 4.78 is 48.9. The maximum absolute atomic E-state index is 12.9. The molecular weight excluding hydrogens is 363 g/mol. The van der Waals surface area contributed by atoms with E-state index in [1.807, 2.05) is 13.8 Å². The fourth-order valence-corrected chi connectivity index (χ4v) is 2.45. The first-order valence-electron chi connectivity index (χ1n) is 8.11. The monoisotopic (exact) mass is 379 g/mol. The molecule has 0 aliphatic rings. The minimum absolute atomic E-state index is 0.00833. The lowest BCUT2D eigenvalue weighted by Crippen LogP contribution is -2.31. The molecule has 1 amide bonds. The van der Waals surface area contributed by atoms with Crippen LogP contribution in [0, 0.1) is 5.92 Å². The molecule has 27 heavy (non-hydrogen) atoms. The van der Waals surface area contributed by atoms with E-state index in [0.717, 1.165) is 12.1 Å². The van der Waals surface area contributed by atoms with E-state index in [4.69, 9.17) is 8.94 Å². The molecule has 0 saturated carbocycles. The number of alkyl halides is 3. The number of hydrogen-bond donors (Lipinski definition) is 1. The Morgan fingerprint density at radius 3 is 2.59 bits per heavy atom. The van der Waals surface area contributed by atoms with Gasteiger partial charge in [0.05, 0.1) is 11.8 Å². The van der Waals surface area contributed by atoms with Gasteiger partial charge in [0.2, 0.25) is 11.7 Å². The summed E-state index contributed by atoms with van der Waals surface area (Å²) in [4.78, 5) is 16.4. The van der Waals surface area contributed by atoms with Crippen molar-refractivity contribution in [1.29, 1.82) is 0 Å². The molecule has 0 aliphatic heterocycles. The fraction of sp³-hybridized carbons (Fsp3) is 0.278. The van der Waals surface area contributed by atoms with E-state index in [0.29, 0.717) is 0 Å². The SMILES string of the molecule is CC(C)[C@H](NC(=O)c1ccco1)c1nc(-c2cccc(C(F)(F)F)c2)no1. The van der Waals surface area contributed by atoms with E-state index in [-0.39, 0.29) is 29.0 Å². The summed E-state index contributed by atoms with van der Waals surface area (Å²) in [5, 5.41) is 6.48. The van der Waals surface area contributed by atoms with Gasteiger partial charge >= 0.3 is 6.18 Å². The van der Waals surface area contributed by atoms with Crippen molar-refractivity contribution >= 4 is 5.91 Å². The molecule has 1 atom stereocenters. The van der Waals surface area contributed by atoms with Gasteiger partial charge in [0.15, 0.2) is 5.76 Å². The Kier molecular flexibility index (Phi) is 5.02. The van der Waals surface area contributed by atoms with Crippen molar-refractivity contribution in [2.45, 2.75) is 26.1 Å². The topological polar surface area (TPSA) is 81.2 Å². The summed E-state index contributed by atoms with van der Waals surface area (Å²) in [7, 11) is 0. The van der Waals surface area contributed by atoms with Crippen molar-refractivity contribution in [2.75, 3.05) is 0 Å². The Hall–Kier alpha value is -3.10. The van der Waals surface area contributed by atoms with E-state index in [1.54, 1.807) is 6.07 Å². The van der Waals surface area contributed by atoms with E-state index in [2.05, 4.69) is 15.5 Å². The molecule has 6 nitrogen and oxygen atoms in total. The number of carbonyl (C=O) groups is 1. The van der Waals surface area contributed by atoms with Crippen molar-refractivity contribution < 1.29 is 26.9 Å². The van der Waals surface area contributed by atoms with Crippen LogP contribution in [0.4, 0.5) is 13.2 Å². The van der Waals surface area contributed by atoms with Crippen LogP contribution in [0.3, 0.4) is 0 Å². The molecule has 1 aromatic carbocycles. The van der Waals surface area contributed by atoms with Gasteiger partial charge in [0, 0.05) is 5.56 Å². The lowest BCUT2D eigenvalue weighted by Gasteiger charge is -2.17. The summed E-state index contributed by atoms with van der Waals surface area (Å²) in [6.45, 7) is 3.67. The highest BCUT2D eigenvalue weighted by Crippen LogP contribution is 2.32. The summed E-state index contributed by atoms with van der Waals surface area (Å²) in [6, 6.07) is 7.09. The van der Waals surface area contributed by atoms with Gasteiger partial charge < -0.3 is 14.3 Å². The molecule has 9 heteroatoms. The summed E-state index contributed by atoms with van der Waals surface area (Å²) in [6.07, 6.45) is -3.10. The van der Waals surface area contributed by atoms with Gasteiger partial charge in [-0.2, -0.15) is 18.2 Å². The lowest BCUT2D eigenvalue weighted by molar-refractivity contribution is -0.137. The third-order valence-corrected chi connectivity index (χ3v) is 3.85. The highest BCUT2D eigenvalue weighted by atomic mass is 19.4. The molecule has 3 aromatic rings. The number of amides is 1. The Balaban J connectivity index is 1.85. The molecule has 0 spiro atoms. The lowest BCUT2D eigenvalue weighted by atomic mass is 10.0. The van der Waals surface area contributed by atoms with Gasteiger partial charge in [-0.25, -0.2) is 0 Å². The molecule has 2 heterocycles. The van der Waals surface area contributed by atoms with Crippen molar-refractivity contribution in [2.24, 2.45) is 5.92 Å². The molecule has 2 aromatic heterocycles. The second-order valence-electron chi connectivity index (χ2n) is 6.21. The number of aromatic nitrogens is 2. The maximum atomic E-state index is 12.9. The third-order valence-electron chi connectivity index (χ3n) is 3.85. The Morgan fingerprint density at radius 2 is 1.96 bits per heavy atom. The molecule has 3 rings (SSSR count). The van der Waals surface area contributed by atoms with Crippen LogP contribution in [0.15, 0.2) is 51.6 Å². The molecule has 0 bridgehead atoms. The average molecular weight is 379 g/mol. The minimum Gasteiger partial charge on any atom is -0.459 e. The fourth-order valence-electron chi connectivity index (χ4n) is 2.45. The molecule has 142 valence electrons. The predicted molar refractivity (Wildman–Crippen MR) is 88.5 cm³/mol. The Labute approximate surface area is 152 Å². The smallest absolute Gasteiger partial charge is 0.416 e. The van der Waals surface area contributed by atoms with E-state index < -0.39 is 23.7 Å². The number of benzene rings is 1. The molecule has 0 radical (unpaired) electrons. The molecular formula is C18H16F3N3O3. The average Bonchev–Trinajstić information content (AvgIpc) is 3.30. The van der Waals surface area contributed by atoms with Crippen LogP contribution in [0.25, 0.3) is 11.4 Å². The second-order valence-corrected chi connectivity index (χ2v) is 6.21. The van der Waals surface area contributed by atoms with Crippen LogP contribution in [0.1, 0.15) is 41.9 Å². The van der Waals surface area contributed by atoms with Crippen LogP contribution in [-0.2, 0) is 6.18 Å². The first-order valence-corrected chi connectivity index (χ1v) is 8.11. The van der Waals surface area contributed by atoms with Crippen LogP contribution < -0.4 is 5.32 Å². The predicted octanol–water partition coefficient (Wildman–Crippen LogP) is 4.48. The number of halogens is 3. The third kappa shape index (κ3) is 4.18. The maximum Gasteiger partial charge on any atom is 0.416 e. The zero-order chi connectivity index (χ0) is 19.6. The minimum atomic E-state index is -4.47. The largest absolute Gasteiger partial charge is 0.459 e. The first kappa shape index (κ1) is 18.7. The van der Waals surface area contributed by atoms with Crippen LogP contribution >= 0.6 is 0 Å². The molecule has 1 N–H and O–H groups in total. The highest BCUT2D eigenvalue weighted by Gasteiger charge is 2.31. The highest BCUT2D eigenvalue weighted by molar-refractivity contribution is 5.91. The van der Waals surface area contributed by atoms with Crippen LogP contribution in [0.5, 0.6) is 0 Å². The quantitative estimate of drug-likeness (QED) is 0.707. The number of nitrogens with zero attached hydrogens (tertiary/aromatic N) is 2. The normalized spacial score (nSPS) is 13.0. The van der Waals surface area contributed by atoms with Crippen molar-refractivity contribution in [3.63, 3.8) is 0 Å². The molecule has 0 unspecified atom stereocenters. The molecule has 0 saturated heterocycles. The number of hydrogen-bond acceptors (Lipinski definition) is 5. The van der Waals surface area contributed by atoms with Crippen molar-refractivity contribution in [3.8, 4) is 11.4 Å². The zero-order valence-corrected chi connectivity index (χ0v) is 14.4. The second kappa shape index (κ2) is 7.26. The van der Waals surface area contributed by atoms with E-state index in [1.165, 1.54) is 24.5 Å². The summed E-state index contributed by atoms with van der Waals surface area (Å²) in [5.74, 6) is -0.346. The zero-order valence-electron chi connectivity index (χ0n) is 14.4. The van der Waals surface area contributed by atoms with Gasteiger partial charge in [-0.3, -0.25) is 4.79 Å². The van der Waals surface area contributed by atoms with Gasteiger partial charge in [-0.1, -0.05) is 31.1 Å². The van der Waals surface area contributed by atoms with Gasteiger partial charge in [0.25, 0.3) is 5.91 Å². The van der Waals surface area contributed by atoms with Gasteiger partial charge in [-0.15, -0.1) is 0 Å². The van der Waals surface area contributed by atoms with Crippen LogP contribution in [-0.4, -0.2) is 16.0 Å². The van der Waals surface area contributed by atoms with E-state index >= 15 is 0 Å². The van der Waals surface area contributed by atoms with Gasteiger partial charge in [0.1, 0.15) is 6.04 Å². The Morgan fingerprint density at radius 1 is 1.19 bits per heavy atom. The number of rotatable bonds is 5. The van der Waals surface area contributed by atoms with Crippen molar-refractivity contribution in [3.05, 3.63) is 59.9 Å². The summed E-state index contributed by atoms with van der Waals surface area (Å²) >= 11 is 0. The van der Waals surface area contributed by atoms with Crippen molar-refractivity contribution in [1.82, 2.24) is 15.5 Å². The standard InChI is InChI=1S/C18H16F3N3O3/c1-10(2)14(22-16(25)13-7-4-8-26-13)17-23-15(24-27-17)11-5-3-6-12(9-11)18(19,20)21/h3-10,14H,1-2H3,(H,22,25)/t14-/m0/s1. The Bertz CT molecular complexity index is 917. The number of nitrogens with one attached hydrogen (secondary N) is 1. The van der Waals surface area contributed by atoms with Crippen LogP contribution in [0.2, 0.25) is 0 Å². The first-order chi connectivity index (χ1) is 12.8. The molecule has 0 fully saturated rings. The summed E-state index contributed by atoms with van der Waals surface area (Å²) in [5.41, 5.74) is -0.641. The van der Waals surface area contributed by atoms with Gasteiger partial charge in [-0.05, 0) is 30.2 Å². The molecule has 0 aliphatic carbocycles. The van der Waals surface area contributed by atoms with E-state index in [9.17, 15) is 18.0 Å². The number of carbonyl (C=O) groups excluding carboxylic acids is 1. The number of furan rings is 1.